The highest BCUT2D eigenvalue weighted by molar-refractivity contribution is 7.89. The number of aliphatic imine (C=N–C) groups is 1. The second-order valence-corrected chi connectivity index (χ2v) is 6.60. The topological polar surface area (TPSA) is 105 Å². The largest absolute Gasteiger partial charge is 0.369 e. The van der Waals surface area contributed by atoms with Gasteiger partial charge in [-0.25, -0.2) is 17.7 Å². The molecular weight excluding hydrogens is 280 g/mol. The first kappa shape index (κ1) is 14.3. The summed E-state index contributed by atoms with van der Waals surface area (Å²) < 4.78 is 24.8. The summed E-state index contributed by atoms with van der Waals surface area (Å²) in [5, 5.41) is 2.65. The smallest absolute Gasteiger partial charge is 0.239 e. The highest BCUT2D eigenvalue weighted by Gasteiger charge is 2.31. The van der Waals surface area contributed by atoms with E-state index in [2.05, 4.69) is 10.3 Å². The maximum absolute atomic E-state index is 11.9. The molecule has 0 bridgehead atoms. The molecule has 0 aliphatic carbocycles. The molecule has 1 amide bonds. The van der Waals surface area contributed by atoms with E-state index in [1.165, 1.54) is 14.0 Å². The fourth-order valence-electron chi connectivity index (χ4n) is 1.93. The maximum atomic E-state index is 11.9. The van der Waals surface area contributed by atoms with Crippen LogP contribution in [0.5, 0.6) is 0 Å². The van der Waals surface area contributed by atoms with Crippen LogP contribution in [0.2, 0.25) is 0 Å². The molecule has 1 atom stereocenters. The highest BCUT2D eigenvalue weighted by Crippen LogP contribution is 2.26. The monoisotopic (exact) mass is 296 g/mol. The molecule has 0 radical (unpaired) electrons. The SMILES string of the molecule is CC(=O)Nc1cccc([C@@H]2CS(=O)(=O)N(C)C(N)=N2)c1. The van der Waals surface area contributed by atoms with Crippen LogP contribution in [0.3, 0.4) is 0 Å². The van der Waals surface area contributed by atoms with Gasteiger partial charge >= 0.3 is 0 Å². The van der Waals surface area contributed by atoms with E-state index in [9.17, 15) is 13.2 Å². The van der Waals surface area contributed by atoms with E-state index in [4.69, 9.17) is 5.73 Å². The van der Waals surface area contributed by atoms with Gasteiger partial charge in [-0.1, -0.05) is 12.1 Å². The normalized spacial score (nSPS) is 21.2. The first-order valence-electron chi connectivity index (χ1n) is 5.97. The Labute approximate surface area is 117 Å². The predicted molar refractivity (Wildman–Crippen MR) is 76.7 cm³/mol. The third-order valence-electron chi connectivity index (χ3n) is 2.99. The van der Waals surface area contributed by atoms with E-state index in [1.54, 1.807) is 24.3 Å². The lowest BCUT2D eigenvalue weighted by molar-refractivity contribution is -0.114. The molecule has 3 N–H and O–H groups in total. The molecule has 0 unspecified atom stereocenters. The van der Waals surface area contributed by atoms with Crippen LogP contribution in [-0.4, -0.2) is 37.4 Å². The van der Waals surface area contributed by atoms with Crippen molar-refractivity contribution in [1.29, 1.82) is 0 Å². The van der Waals surface area contributed by atoms with Crippen LogP contribution in [0.1, 0.15) is 18.5 Å². The summed E-state index contributed by atoms with van der Waals surface area (Å²) in [6, 6.07) is 6.35. The quantitative estimate of drug-likeness (QED) is 0.817. The fraction of sp³-hybridized carbons (Fsp3) is 0.333. The summed E-state index contributed by atoms with van der Waals surface area (Å²) in [5.41, 5.74) is 6.92. The van der Waals surface area contributed by atoms with Crippen molar-refractivity contribution in [2.45, 2.75) is 13.0 Å². The lowest BCUT2D eigenvalue weighted by Crippen LogP contribution is -2.44. The molecule has 2 rings (SSSR count). The molecule has 0 spiro atoms. The van der Waals surface area contributed by atoms with E-state index >= 15 is 0 Å². The second kappa shape index (κ2) is 5.12. The van der Waals surface area contributed by atoms with Gasteiger partial charge in [0.25, 0.3) is 0 Å². The van der Waals surface area contributed by atoms with Crippen molar-refractivity contribution >= 4 is 27.6 Å². The van der Waals surface area contributed by atoms with Gasteiger partial charge in [0.15, 0.2) is 0 Å². The summed E-state index contributed by atoms with van der Waals surface area (Å²) in [6.07, 6.45) is 0. The average Bonchev–Trinajstić information content (AvgIpc) is 2.35. The van der Waals surface area contributed by atoms with E-state index in [1.807, 2.05) is 0 Å². The Balaban J connectivity index is 2.35. The van der Waals surface area contributed by atoms with Gasteiger partial charge in [-0.15, -0.1) is 0 Å². The number of guanidine groups is 1. The van der Waals surface area contributed by atoms with Gasteiger partial charge in [-0.05, 0) is 17.7 Å². The first-order chi connectivity index (χ1) is 9.29. The second-order valence-electron chi connectivity index (χ2n) is 4.56. The van der Waals surface area contributed by atoms with Crippen LogP contribution in [0.25, 0.3) is 0 Å². The van der Waals surface area contributed by atoms with Gasteiger partial charge < -0.3 is 11.1 Å². The number of anilines is 1. The Morgan fingerprint density at radius 3 is 2.80 bits per heavy atom. The minimum atomic E-state index is -3.45. The van der Waals surface area contributed by atoms with Crippen molar-refractivity contribution < 1.29 is 13.2 Å². The molecule has 8 heteroatoms. The van der Waals surface area contributed by atoms with Gasteiger partial charge in [0.2, 0.25) is 21.9 Å². The Bertz CT molecular complexity index is 669. The van der Waals surface area contributed by atoms with Crippen molar-refractivity contribution in [2.75, 3.05) is 18.1 Å². The number of nitrogens with two attached hydrogens (primary N) is 1. The summed E-state index contributed by atoms with van der Waals surface area (Å²) in [4.78, 5) is 15.2. The zero-order valence-corrected chi connectivity index (χ0v) is 12.0. The molecule has 1 aliphatic heterocycles. The molecule has 0 aromatic heterocycles. The number of benzene rings is 1. The number of nitrogens with zero attached hydrogens (tertiary/aromatic N) is 2. The van der Waals surface area contributed by atoms with E-state index in [0.717, 1.165) is 4.31 Å². The molecule has 1 heterocycles. The van der Waals surface area contributed by atoms with Crippen LogP contribution in [-0.2, 0) is 14.8 Å². The summed E-state index contributed by atoms with van der Waals surface area (Å²) >= 11 is 0. The van der Waals surface area contributed by atoms with Crippen LogP contribution in [0, 0.1) is 0 Å². The van der Waals surface area contributed by atoms with Crippen molar-refractivity contribution in [3.63, 3.8) is 0 Å². The standard InChI is InChI=1S/C12H16N4O3S/c1-8(17)14-10-5-3-4-9(6-10)11-7-20(18,19)16(2)12(13)15-11/h3-6,11H,7H2,1-2H3,(H2,13,15)(H,14,17)/t11-/m0/s1. The number of sulfonamides is 1. The number of nitrogens with one attached hydrogen (secondary N) is 1. The molecule has 7 nitrogen and oxygen atoms in total. The van der Waals surface area contributed by atoms with E-state index in [-0.39, 0.29) is 17.6 Å². The van der Waals surface area contributed by atoms with Gasteiger partial charge in [-0.3, -0.25) is 4.79 Å². The van der Waals surface area contributed by atoms with Gasteiger partial charge in [0.05, 0.1) is 11.8 Å². The molecule has 1 aromatic carbocycles. The molecule has 108 valence electrons. The summed E-state index contributed by atoms with van der Waals surface area (Å²) in [6.45, 7) is 1.41. The van der Waals surface area contributed by atoms with Crippen molar-refractivity contribution in [3.8, 4) is 0 Å². The highest BCUT2D eigenvalue weighted by atomic mass is 32.2. The third kappa shape index (κ3) is 2.90. The average molecular weight is 296 g/mol. The lowest BCUT2D eigenvalue weighted by atomic mass is 10.1. The van der Waals surface area contributed by atoms with Crippen LogP contribution in [0.15, 0.2) is 29.3 Å². The molecule has 1 aromatic rings. The lowest BCUT2D eigenvalue weighted by Gasteiger charge is -2.27. The van der Waals surface area contributed by atoms with Crippen LogP contribution >= 0.6 is 0 Å². The third-order valence-corrected chi connectivity index (χ3v) is 4.75. The first-order valence-corrected chi connectivity index (χ1v) is 7.58. The van der Waals surface area contributed by atoms with Gasteiger partial charge in [-0.2, -0.15) is 0 Å². The maximum Gasteiger partial charge on any atom is 0.239 e. The van der Waals surface area contributed by atoms with Crippen molar-refractivity contribution in [2.24, 2.45) is 10.7 Å². The Morgan fingerprint density at radius 1 is 1.50 bits per heavy atom. The molecular formula is C12H16N4O3S. The molecule has 0 fully saturated rings. The van der Waals surface area contributed by atoms with Gasteiger partial charge in [0, 0.05) is 19.7 Å². The van der Waals surface area contributed by atoms with Gasteiger partial charge in [0.1, 0.15) is 0 Å². The number of carbonyl (C=O) groups is 1. The minimum absolute atomic E-state index is 0.0359. The van der Waals surface area contributed by atoms with Crippen LogP contribution in [0.4, 0.5) is 5.69 Å². The number of carbonyl (C=O) groups excluding carboxylic acids is 1. The molecule has 0 saturated carbocycles. The number of rotatable bonds is 2. The number of hydrogen-bond donors (Lipinski definition) is 2. The Morgan fingerprint density at radius 2 is 2.20 bits per heavy atom. The molecule has 20 heavy (non-hydrogen) atoms. The van der Waals surface area contributed by atoms with E-state index in [0.29, 0.717) is 11.3 Å². The van der Waals surface area contributed by atoms with Crippen LogP contribution < -0.4 is 11.1 Å². The van der Waals surface area contributed by atoms with Crippen molar-refractivity contribution in [1.82, 2.24) is 4.31 Å². The Hall–Kier alpha value is -2.09. The molecule has 1 aliphatic rings. The zero-order valence-electron chi connectivity index (χ0n) is 11.2. The predicted octanol–water partition coefficient (Wildman–Crippen LogP) is 0.276. The number of amides is 1. The fourth-order valence-corrected chi connectivity index (χ4v) is 3.15. The number of hydrogen-bond acceptors (Lipinski definition) is 5. The van der Waals surface area contributed by atoms with Crippen molar-refractivity contribution in [3.05, 3.63) is 29.8 Å². The Kier molecular flexibility index (Phi) is 3.67. The minimum Gasteiger partial charge on any atom is -0.369 e. The molecule has 0 saturated heterocycles. The summed E-state index contributed by atoms with van der Waals surface area (Å²) in [5.74, 6) is -0.374. The zero-order chi connectivity index (χ0) is 14.9. The summed E-state index contributed by atoms with van der Waals surface area (Å²) in [7, 11) is -2.08. The van der Waals surface area contributed by atoms with E-state index < -0.39 is 16.1 Å².